The second-order valence-electron chi connectivity index (χ2n) is 6.36. The molecular formula is C21H22N2O4. The Morgan fingerprint density at radius 2 is 1.78 bits per heavy atom. The minimum absolute atomic E-state index is 0.0454. The van der Waals surface area contributed by atoms with Crippen LogP contribution in [-0.4, -0.2) is 30.9 Å². The van der Waals surface area contributed by atoms with E-state index in [2.05, 4.69) is 5.32 Å². The lowest BCUT2D eigenvalue weighted by molar-refractivity contribution is -0.147. The Morgan fingerprint density at radius 3 is 2.52 bits per heavy atom. The molecule has 140 valence electrons. The molecule has 1 fully saturated rings. The monoisotopic (exact) mass is 366 g/mol. The maximum absolute atomic E-state index is 12.1. The summed E-state index contributed by atoms with van der Waals surface area (Å²) in [5, 5.41) is 2.73. The number of carbonyl (C=O) groups excluding carboxylic acids is 3. The maximum Gasteiger partial charge on any atom is 0.306 e. The van der Waals surface area contributed by atoms with Crippen LogP contribution < -0.4 is 10.2 Å². The van der Waals surface area contributed by atoms with Crippen molar-refractivity contribution >= 4 is 29.2 Å². The molecule has 0 saturated carbocycles. The first-order valence-electron chi connectivity index (χ1n) is 9.02. The van der Waals surface area contributed by atoms with E-state index in [-0.39, 0.29) is 18.9 Å². The number of benzene rings is 2. The van der Waals surface area contributed by atoms with E-state index in [9.17, 15) is 14.4 Å². The summed E-state index contributed by atoms with van der Waals surface area (Å²) in [5.74, 6) is -0.803. The summed E-state index contributed by atoms with van der Waals surface area (Å²) < 4.78 is 5.05. The zero-order valence-corrected chi connectivity index (χ0v) is 15.0. The lowest BCUT2D eigenvalue weighted by Gasteiger charge is -2.19. The van der Waals surface area contributed by atoms with Gasteiger partial charge in [-0.2, -0.15) is 0 Å². The van der Waals surface area contributed by atoms with Gasteiger partial charge in [0.1, 0.15) is 0 Å². The van der Waals surface area contributed by atoms with Crippen molar-refractivity contribution in [1.82, 2.24) is 0 Å². The molecule has 1 aliphatic rings. The van der Waals surface area contributed by atoms with Crippen LogP contribution in [0.5, 0.6) is 0 Å². The summed E-state index contributed by atoms with van der Waals surface area (Å²) in [5.41, 5.74) is 2.25. The number of ether oxygens (including phenoxy) is 1. The Morgan fingerprint density at radius 1 is 1.04 bits per heavy atom. The van der Waals surface area contributed by atoms with Crippen molar-refractivity contribution < 1.29 is 19.1 Å². The topological polar surface area (TPSA) is 75.7 Å². The molecule has 6 heteroatoms. The summed E-state index contributed by atoms with van der Waals surface area (Å²) in [4.78, 5) is 37.6. The highest BCUT2D eigenvalue weighted by Gasteiger charge is 2.24. The average Bonchev–Trinajstić information content (AvgIpc) is 3.12. The van der Waals surface area contributed by atoms with E-state index in [1.54, 1.807) is 23.1 Å². The van der Waals surface area contributed by atoms with Crippen LogP contribution in [0.2, 0.25) is 0 Å². The number of amides is 2. The van der Waals surface area contributed by atoms with Gasteiger partial charge >= 0.3 is 5.97 Å². The highest BCUT2D eigenvalue weighted by atomic mass is 16.5. The van der Waals surface area contributed by atoms with Gasteiger partial charge < -0.3 is 15.0 Å². The number of rotatable bonds is 7. The van der Waals surface area contributed by atoms with Gasteiger partial charge in [0.15, 0.2) is 6.61 Å². The van der Waals surface area contributed by atoms with Crippen LogP contribution in [0.4, 0.5) is 11.4 Å². The minimum atomic E-state index is -0.429. The highest BCUT2D eigenvalue weighted by Crippen LogP contribution is 2.29. The number of para-hydroxylation sites is 2. The summed E-state index contributed by atoms with van der Waals surface area (Å²) in [6.07, 6.45) is 2.11. The molecular weight excluding hydrogens is 344 g/mol. The number of nitrogens with one attached hydrogen (secondary N) is 1. The van der Waals surface area contributed by atoms with E-state index in [4.69, 9.17) is 4.74 Å². The lowest BCUT2D eigenvalue weighted by atomic mass is 10.1. The molecule has 27 heavy (non-hydrogen) atoms. The fourth-order valence-electron chi connectivity index (χ4n) is 3.01. The maximum atomic E-state index is 12.1. The summed E-state index contributed by atoms with van der Waals surface area (Å²) in [7, 11) is 0. The van der Waals surface area contributed by atoms with Crippen LogP contribution in [0.15, 0.2) is 54.6 Å². The van der Waals surface area contributed by atoms with Crippen molar-refractivity contribution in [2.75, 3.05) is 23.4 Å². The Hall–Kier alpha value is -3.15. The number of hydrogen-bond acceptors (Lipinski definition) is 4. The fraction of sp³-hybridized carbons (Fsp3) is 0.286. The van der Waals surface area contributed by atoms with Crippen molar-refractivity contribution in [3.8, 4) is 0 Å². The molecule has 0 atom stereocenters. The molecule has 1 N–H and O–H groups in total. The standard InChI is InChI=1S/C21H22N2O4/c24-19(15-27-21(26)13-12-16-7-2-1-3-8-16)22-17-9-4-5-10-18(17)23-14-6-11-20(23)25/h1-5,7-10H,6,11-15H2,(H,22,24). The van der Waals surface area contributed by atoms with Crippen LogP contribution in [0.1, 0.15) is 24.8 Å². The van der Waals surface area contributed by atoms with E-state index < -0.39 is 11.9 Å². The second-order valence-corrected chi connectivity index (χ2v) is 6.36. The van der Waals surface area contributed by atoms with Gasteiger partial charge in [-0.05, 0) is 30.5 Å². The van der Waals surface area contributed by atoms with Gasteiger partial charge in [0, 0.05) is 19.4 Å². The highest BCUT2D eigenvalue weighted by molar-refractivity contribution is 6.02. The van der Waals surface area contributed by atoms with Crippen molar-refractivity contribution in [1.29, 1.82) is 0 Å². The van der Waals surface area contributed by atoms with Gasteiger partial charge in [-0.25, -0.2) is 0 Å². The van der Waals surface area contributed by atoms with Crippen molar-refractivity contribution in [3.63, 3.8) is 0 Å². The molecule has 2 amide bonds. The first kappa shape index (κ1) is 18.6. The third-order valence-corrected chi connectivity index (χ3v) is 4.37. The molecule has 2 aromatic carbocycles. The lowest BCUT2D eigenvalue weighted by Crippen LogP contribution is -2.27. The zero-order chi connectivity index (χ0) is 19.1. The molecule has 3 rings (SSSR count). The van der Waals surface area contributed by atoms with Crippen molar-refractivity contribution in [2.24, 2.45) is 0 Å². The van der Waals surface area contributed by atoms with E-state index in [1.807, 2.05) is 36.4 Å². The number of aryl methyl sites for hydroxylation is 1. The normalized spacial score (nSPS) is 13.5. The smallest absolute Gasteiger partial charge is 0.306 e. The first-order chi connectivity index (χ1) is 13.1. The number of nitrogens with zero attached hydrogens (tertiary/aromatic N) is 1. The van der Waals surface area contributed by atoms with Crippen LogP contribution in [-0.2, 0) is 25.5 Å². The molecule has 0 spiro atoms. The Bertz CT molecular complexity index is 820. The minimum Gasteiger partial charge on any atom is -0.456 e. The molecule has 0 aromatic heterocycles. The molecule has 1 aliphatic heterocycles. The quantitative estimate of drug-likeness (QED) is 0.765. The Balaban J connectivity index is 1.49. The van der Waals surface area contributed by atoms with E-state index in [0.29, 0.717) is 30.8 Å². The SMILES string of the molecule is O=C(COC(=O)CCc1ccccc1)Nc1ccccc1N1CCCC1=O. The summed E-state index contributed by atoms with van der Waals surface area (Å²) in [6, 6.07) is 16.8. The average molecular weight is 366 g/mol. The van der Waals surface area contributed by atoms with Gasteiger partial charge in [0.05, 0.1) is 11.4 Å². The predicted molar refractivity (Wildman–Crippen MR) is 102 cm³/mol. The third kappa shape index (κ3) is 5.17. The van der Waals surface area contributed by atoms with Crippen molar-refractivity contribution in [3.05, 3.63) is 60.2 Å². The fourth-order valence-corrected chi connectivity index (χ4v) is 3.01. The molecule has 0 aliphatic carbocycles. The largest absolute Gasteiger partial charge is 0.456 e. The Labute approximate surface area is 158 Å². The number of carbonyl (C=O) groups is 3. The van der Waals surface area contributed by atoms with E-state index >= 15 is 0 Å². The van der Waals surface area contributed by atoms with Crippen LogP contribution in [0.3, 0.4) is 0 Å². The van der Waals surface area contributed by atoms with Crippen LogP contribution in [0.25, 0.3) is 0 Å². The molecule has 2 aromatic rings. The molecule has 6 nitrogen and oxygen atoms in total. The van der Waals surface area contributed by atoms with Gasteiger partial charge in [-0.3, -0.25) is 14.4 Å². The van der Waals surface area contributed by atoms with E-state index in [0.717, 1.165) is 12.0 Å². The molecule has 1 saturated heterocycles. The van der Waals surface area contributed by atoms with Gasteiger partial charge in [0.2, 0.25) is 5.91 Å². The second kappa shape index (κ2) is 8.98. The number of anilines is 2. The van der Waals surface area contributed by atoms with E-state index in [1.165, 1.54) is 0 Å². The molecule has 0 unspecified atom stereocenters. The molecule has 1 heterocycles. The summed E-state index contributed by atoms with van der Waals surface area (Å²) in [6.45, 7) is 0.288. The Kier molecular flexibility index (Phi) is 6.20. The van der Waals surface area contributed by atoms with Crippen LogP contribution >= 0.6 is 0 Å². The predicted octanol–water partition coefficient (Wildman–Crippen LogP) is 2.93. The van der Waals surface area contributed by atoms with Gasteiger partial charge in [0.25, 0.3) is 5.91 Å². The molecule has 0 radical (unpaired) electrons. The third-order valence-electron chi connectivity index (χ3n) is 4.37. The number of esters is 1. The summed E-state index contributed by atoms with van der Waals surface area (Å²) >= 11 is 0. The van der Waals surface area contributed by atoms with Crippen molar-refractivity contribution in [2.45, 2.75) is 25.7 Å². The molecule has 0 bridgehead atoms. The van der Waals surface area contributed by atoms with Gasteiger partial charge in [-0.1, -0.05) is 42.5 Å². The zero-order valence-electron chi connectivity index (χ0n) is 15.0. The number of hydrogen-bond donors (Lipinski definition) is 1. The first-order valence-corrected chi connectivity index (χ1v) is 9.02. The van der Waals surface area contributed by atoms with Gasteiger partial charge in [-0.15, -0.1) is 0 Å². The van der Waals surface area contributed by atoms with Crippen LogP contribution in [0, 0.1) is 0 Å².